The predicted molar refractivity (Wildman–Crippen MR) is 120 cm³/mol. The minimum atomic E-state index is -0.621. The standard InChI is InChI=1S/C26H37NO4/c1-16-22-14-20-8-9-21(28)15-23(20)26(16,12-10-19(22)13-18-6-7-18)11-4-5-24(29)27-17(2)25(30)31-3/h8-9,15-19,22,28H,4-7,10-14H2,1-3H3,(H,27,29)/t16-,17-,19?,22+,26?/m0/s1. The summed E-state index contributed by atoms with van der Waals surface area (Å²) in [7, 11) is 1.33. The molecule has 5 nitrogen and oxygen atoms in total. The second-order valence-corrected chi connectivity index (χ2v) is 10.3. The number of nitrogens with one attached hydrogen (secondary N) is 1. The Morgan fingerprint density at radius 1 is 1.29 bits per heavy atom. The highest BCUT2D eigenvalue weighted by molar-refractivity contribution is 5.84. The van der Waals surface area contributed by atoms with Gasteiger partial charge in [-0.15, -0.1) is 0 Å². The Morgan fingerprint density at radius 2 is 2.06 bits per heavy atom. The summed E-state index contributed by atoms with van der Waals surface area (Å²) < 4.78 is 4.69. The molecule has 31 heavy (non-hydrogen) atoms. The summed E-state index contributed by atoms with van der Waals surface area (Å²) in [5.41, 5.74) is 2.74. The zero-order valence-corrected chi connectivity index (χ0v) is 19.2. The lowest BCUT2D eigenvalue weighted by Crippen LogP contribution is -2.49. The molecular formula is C26H37NO4. The number of hydrogen-bond donors (Lipinski definition) is 2. The summed E-state index contributed by atoms with van der Waals surface area (Å²) in [6.07, 6.45) is 9.83. The highest BCUT2D eigenvalue weighted by Crippen LogP contribution is 2.58. The molecule has 3 aliphatic carbocycles. The molecule has 0 radical (unpaired) electrons. The van der Waals surface area contributed by atoms with Crippen LogP contribution in [0.3, 0.4) is 0 Å². The zero-order valence-electron chi connectivity index (χ0n) is 19.2. The van der Waals surface area contributed by atoms with Gasteiger partial charge in [-0.05, 0) is 97.8 Å². The van der Waals surface area contributed by atoms with Crippen LogP contribution in [0.25, 0.3) is 0 Å². The Morgan fingerprint density at radius 3 is 2.77 bits per heavy atom. The van der Waals surface area contributed by atoms with Crippen LogP contribution in [0.2, 0.25) is 0 Å². The topological polar surface area (TPSA) is 75.6 Å². The lowest BCUT2D eigenvalue weighted by Gasteiger charge is -2.55. The van der Waals surface area contributed by atoms with Gasteiger partial charge in [0.1, 0.15) is 11.8 Å². The van der Waals surface area contributed by atoms with E-state index in [4.69, 9.17) is 4.74 Å². The number of amides is 1. The fourth-order valence-corrected chi connectivity index (χ4v) is 6.56. The van der Waals surface area contributed by atoms with Crippen molar-refractivity contribution < 1.29 is 19.4 Å². The number of esters is 1. The molecule has 5 atom stereocenters. The Hall–Kier alpha value is -2.04. The van der Waals surface area contributed by atoms with Crippen LogP contribution in [0.1, 0.15) is 76.3 Å². The van der Waals surface area contributed by atoms with Gasteiger partial charge in [0, 0.05) is 6.42 Å². The van der Waals surface area contributed by atoms with Crippen LogP contribution in [0.15, 0.2) is 18.2 Å². The zero-order chi connectivity index (χ0) is 22.2. The molecular weight excluding hydrogens is 390 g/mol. The van der Waals surface area contributed by atoms with Gasteiger partial charge >= 0.3 is 5.97 Å². The van der Waals surface area contributed by atoms with E-state index in [-0.39, 0.29) is 11.3 Å². The van der Waals surface area contributed by atoms with Crippen molar-refractivity contribution in [2.45, 2.75) is 83.1 Å². The molecule has 2 N–H and O–H groups in total. The fraction of sp³-hybridized carbons (Fsp3) is 0.692. The van der Waals surface area contributed by atoms with Gasteiger partial charge in [0.05, 0.1) is 7.11 Å². The number of rotatable bonds is 8. The second kappa shape index (κ2) is 8.84. The number of phenols is 1. The molecule has 1 amide bonds. The van der Waals surface area contributed by atoms with Gasteiger partial charge in [-0.25, -0.2) is 4.79 Å². The van der Waals surface area contributed by atoms with Gasteiger partial charge in [0.15, 0.2) is 0 Å². The molecule has 5 heteroatoms. The third-order valence-corrected chi connectivity index (χ3v) is 8.46. The van der Waals surface area contributed by atoms with Gasteiger partial charge in [0.25, 0.3) is 0 Å². The van der Waals surface area contributed by atoms with Crippen LogP contribution in [0, 0.1) is 23.7 Å². The van der Waals surface area contributed by atoms with Crippen molar-refractivity contribution in [3.63, 3.8) is 0 Å². The SMILES string of the molecule is COC(=O)[C@H](C)NC(=O)CCCC12CCC(CC3CC3)[C@H](Cc3ccc(O)cc31)[C@@H]2C. The molecule has 170 valence electrons. The normalized spacial score (nSPS) is 30.2. The maximum absolute atomic E-state index is 12.4. The summed E-state index contributed by atoms with van der Waals surface area (Å²) in [5, 5.41) is 13.0. The molecule has 4 rings (SSSR count). The summed E-state index contributed by atoms with van der Waals surface area (Å²) in [5.74, 6) is 2.82. The number of benzene rings is 1. The number of methoxy groups -OCH3 is 1. The summed E-state index contributed by atoms with van der Waals surface area (Å²) in [6.45, 7) is 4.06. The van der Waals surface area contributed by atoms with Crippen LogP contribution in [-0.2, 0) is 26.2 Å². The van der Waals surface area contributed by atoms with Gasteiger partial charge < -0.3 is 15.2 Å². The van der Waals surface area contributed by atoms with E-state index in [0.29, 0.717) is 24.0 Å². The maximum atomic E-state index is 12.4. The molecule has 1 aromatic rings. The number of phenolic OH excluding ortho intramolecular Hbond substituents is 1. The van der Waals surface area contributed by atoms with E-state index in [2.05, 4.69) is 18.3 Å². The van der Waals surface area contributed by atoms with Crippen molar-refractivity contribution in [3.8, 4) is 5.75 Å². The lowest BCUT2D eigenvalue weighted by molar-refractivity contribution is -0.144. The highest BCUT2D eigenvalue weighted by Gasteiger charge is 2.51. The Bertz CT molecular complexity index is 833. The third kappa shape index (κ3) is 4.47. The monoisotopic (exact) mass is 427 g/mol. The van der Waals surface area contributed by atoms with Gasteiger partial charge in [-0.2, -0.15) is 0 Å². The van der Waals surface area contributed by atoms with Crippen molar-refractivity contribution >= 4 is 11.9 Å². The Balaban J connectivity index is 1.48. The number of ether oxygens (including phenoxy) is 1. The van der Waals surface area contributed by atoms with Crippen molar-refractivity contribution in [3.05, 3.63) is 29.3 Å². The maximum Gasteiger partial charge on any atom is 0.328 e. The predicted octanol–water partition coefficient (Wildman–Crippen LogP) is 4.50. The number of fused-ring (bicyclic) bond motifs is 4. The van der Waals surface area contributed by atoms with Gasteiger partial charge in [0.2, 0.25) is 5.91 Å². The van der Waals surface area contributed by atoms with Crippen molar-refractivity contribution in [1.29, 1.82) is 0 Å². The van der Waals surface area contributed by atoms with Crippen LogP contribution >= 0.6 is 0 Å². The molecule has 0 spiro atoms. The molecule has 2 fully saturated rings. The first-order valence-corrected chi connectivity index (χ1v) is 12.0. The van der Waals surface area contributed by atoms with Gasteiger partial charge in [-0.3, -0.25) is 4.79 Å². The van der Waals surface area contributed by atoms with E-state index in [1.165, 1.54) is 43.9 Å². The van der Waals surface area contributed by atoms with E-state index >= 15 is 0 Å². The average molecular weight is 428 g/mol. The van der Waals surface area contributed by atoms with Gasteiger partial charge in [-0.1, -0.05) is 25.8 Å². The summed E-state index contributed by atoms with van der Waals surface area (Å²) in [4.78, 5) is 24.0. The first-order valence-electron chi connectivity index (χ1n) is 12.0. The Kier molecular flexibility index (Phi) is 6.32. The lowest BCUT2D eigenvalue weighted by atomic mass is 9.49. The number of hydrogen-bond acceptors (Lipinski definition) is 4. The molecule has 0 aliphatic heterocycles. The number of aromatic hydroxyl groups is 1. The first kappa shape index (κ1) is 22.2. The Labute approximate surface area is 185 Å². The van der Waals surface area contributed by atoms with Crippen molar-refractivity contribution in [2.24, 2.45) is 23.7 Å². The fourth-order valence-electron chi connectivity index (χ4n) is 6.56. The first-order chi connectivity index (χ1) is 14.8. The number of carbonyl (C=O) groups excluding carboxylic acids is 2. The van der Waals surface area contributed by atoms with Crippen LogP contribution in [0.5, 0.6) is 5.75 Å². The largest absolute Gasteiger partial charge is 0.508 e. The second-order valence-electron chi connectivity index (χ2n) is 10.3. The molecule has 1 aromatic carbocycles. The molecule has 3 aliphatic rings. The van der Waals surface area contributed by atoms with E-state index < -0.39 is 12.0 Å². The van der Waals surface area contributed by atoms with Crippen LogP contribution in [-0.4, -0.2) is 30.1 Å². The van der Waals surface area contributed by atoms with Crippen molar-refractivity contribution in [1.82, 2.24) is 5.32 Å². The van der Waals surface area contributed by atoms with Crippen LogP contribution < -0.4 is 5.32 Å². The third-order valence-electron chi connectivity index (χ3n) is 8.46. The highest BCUT2D eigenvalue weighted by atomic mass is 16.5. The molecule has 2 bridgehead atoms. The van der Waals surface area contributed by atoms with E-state index in [1.807, 2.05) is 12.1 Å². The van der Waals surface area contributed by atoms with Crippen LogP contribution in [0.4, 0.5) is 0 Å². The minimum Gasteiger partial charge on any atom is -0.508 e. The minimum absolute atomic E-state index is 0.0330. The van der Waals surface area contributed by atoms with E-state index in [9.17, 15) is 14.7 Å². The number of carbonyl (C=O) groups is 2. The van der Waals surface area contributed by atoms with Crippen molar-refractivity contribution in [2.75, 3.05) is 7.11 Å². The molecule has 2 saturated carbocycles. The average Bonchev–Trinajstić information content (AvgIpc) is 3.56. The van der Waals surface area contributed by atoms with E-state index in [0.717, 1.165) is 37.5 Å². The molecule has 0 aromatic heterocycles. The smallest absolute Gasteiger partial charge is 0.328 e. The molecule has 0 saturated heterocycles. The summed E-state index contributed by atoms with van der Waals surface area (Å²) in [6, 6.07) is 5.32. The van der Waals surface area contributed by atoms with E-state index in [1.54, 1.807) is 6.92 Å². The molecule has 0 heterocycles. The molecule has 2 unspecified atom stereocenters. The quantitative estimate of drug-likeness (QED) is 0.599. The summed E-state index contributed by atoms with van der Waals surface area (Å²) >= 11 is 0.